The minimum Gasteiger partial charge on any atom is -0.461 e. The van der Waals surface area contributed by atoms with Gasteiger partial charge in [0.2, 0.25) is 0 Å². The molecule has 0 radical (unpaired) electrons. The van der Waals surface area contributed by atoms with Gasteiger partial charge in [-0.3, -0.25) is 9.80 Å². The largest absolute Gasteiger partial charge is 0.461 e. The highest BCUT2D eigenvalue weighted by molar-refractivity contribution is 5.58. The molecule has 0 aliphatic carbocycles. The first-order valence-corrected chi connectivity index (χ1v) is 12.0. The summed E-state index contributed by atoms with van der Waals surface area (Å²) in [6.45, 7) is 13.5. The number of hydrogen-bond acceptors (Lipinski definition) is 5. The highest BCUT2D eigenvalue weighted by Crippen LogP contribution is 2.26. The summed E-state index contributed by atoms with van der Waals surface area (Å²) in [6, 6.07) is 14.6. The zero-order valence-electron chi connectivity index (χ0n) is 19.5. The Balaban J connectivity index is 1.38. The summed E-state index contributed by atoms with van der Waals surface area (Å²) in [4.78, 5) is 7.88. The molecule has 2 fully saturated rings. The Hall–Kier alpha value is -1.66. The summed E-state index contributed by atoms with van der Waals surface area (Å²) in [5, 5.41) is 9.73. The Morgan fingerprint density at radius 3 is 2.55 bits per heavy atom. The molecule has 1 atom stereocenters. The van der Waals surface area contributed by atoms with Gasteiger partial charge in [-0.2, -0.15) is 0 Å². The van der Waals surface area contributed by atoms with Crippen molar-refractivity contribution in [3.63, 3.8) is 0 Å². The molecule has 3 heterocycles. The normalized spacial score (nSPS) is 22.4. The molecule has 0 amide bonds. The molecule has 0 unspecified atom stereocenters. The van der Waals surface area contributed by atoms with Crippen LogP contribution in [0.4, 0.5) is 0 Å². The van der Waals surface area contributed by atoms with Crippen molar-refractivity contribution in [2.24, 2.45) is 0 Å². The van der Waals surface area contributed by atoms with Crippen molar-refractivity contribution in [2.75, 3.05) is 39.3 Å². The summed E-state index contributed by atoms with van der Waals surface area (Å²) in [7, 11) is 0. The van der Waals surface area contributed by atoms with Gasteiger partial charge in [0.25, 0.3) is 0 Å². The summed E-state index contributed by atoms with van der Waals surface area (Å²) < 4.78 is 5.82. The molecule has 2 aromatic rings. The molecule has 0 spiro atoms. The van der Waals surface area contributed by atoms with Crippen LogP contribution in [0, 0.1) is 6.92 Å². The van der Waals surface area contributed by atoms with E-state index in [0.29, 0.717) is 18.1 Å². The summed E-state index contributed by atoms with van der Waals surface area (Å²) >= 11 is 0. The van der Waals surface area contributed by atoms with Crippen molar-refractivity contribution < 1.29 is 9.52 Å². The fourth-order valence-electron chi connectivity index (χ4n) is 5.37. The van der Waals surface area contributed by atoms with Gasteiger partial charge in [0.15, 0.2) is 0 Å². The van der Waals surface area contributed by atoms with Crippen LogP contribution in [0.1, 0.15) is 44.4 Å². The summed E-state index contributed by atoms with van der Waals surface area (Å²) in [5.41, 5.74) is 2.47. The lowest BCUT2D eigenvalue weighted by molar-refractivity contribution is -0.0000264. The van der Waals surface area contributed by atoms with Crippen LogP contribution in [0.2, 0.25) is 0 Å². The molecule has 1 aromatic carbocycles. The van der Waals surface area contributed by atoms with Crippen molar-refractivity contribution in [1.82, 2.24) is 14.7 Å². The lowest BCUT2D eigenvalue weighted by Crippen LogP contribution is -2.58. The average molecular weight is 426 g/mol. The predicted molar refractivity (Wildman–Crippen MR) is 126 cm³/mol. The second kappa shape index (κ2) is 10.3. The number of aliphatic hydroxyl groups excluding tert-OH is 1. The number of rotatable bonds is 7. The Bertz CT molecular complexity index is 826. The second-order valence-corrected chi connectivity index (χ2v) is 9.61. The molecule has 4 rings (SSSR count). The van der Waals surface area contributed by atoms with Crippen LogP contribution < -0.4 is 0 Å². The maximum Gasteiger partial charge on any atom is 0.134 e. The Morgan fingerprint density at radius 2 is 1.87 bits per heavy atom. The van der Waals surface area contributed by atoms with E-state index in [9.17, 15) is 5.11 Å². The molecule has 31 heavy (non-hydrogen) atoms. The van der Waals surface area contributed by atoms with Gasteiger partial charge < -0.3 is 14.4 Å². The molecule has 5 heteroatoms. The third-order valence-corrected chi connectivity index (χ3v) is 7.13. The zero-order valence-corrected chi connectivity index (χ0v) is 19.5. The lowest BCUT2D eigenvalue weighted by Gasteiger charge is -2.48. The number of furan rings is 1. The second-order valence-electron chi connectivity index (χ2n) is 9.61. The van der Waals surface area contributed by atoms with Crippen LogP contribution in [0.3, 0.4) is 0 Å². The van der Waals surface area contributed by atoms with Crippen LogP contribution in [-0.4, -0.2) is 77.3 Å². The van der Waals surface area contributed by atoms with Gasteiger partial charge in [-0.15, -0.1) is 0 Å². The van der Waals surface area contributed by atoms with E-state index in [0.717, 1.165) is 49.7 Å². The van der Waals surface area contributed by atoms with Crippen molar-refractivity contribution >= 4 is 0 Å². The van der Waals surface area contributed by atoms with E-state index in [1.54, 1.807) is 0 Å². The highest BCUT2D eigenvalue weighted by Gasteiger charge is 2.33. The summed E-state index contributed by atoms with van der Waals surface area (Å²) in [6.07, 6.45) is 3.38. The van der Waals surface area contributed by atoms with Crippen LogP contribution in [0.25, 0.3) is 11.3 Å². The maximum absolute atomic E-state index is 9.73. The fraction of sp³-hybridized carbons (Fsp3) is 0.615. The van der Waals surface area contributed by atoms with Gasteiger partial charge in [-0.05, 0) is 76.9 Å². The molecule has 1 aromatic heterocycles. The number of hydrogen-bond donors (Lipinski definition) is 1. The van der Waals surface area contributed by atoms with Crippen LogP contribution in [0.5, 0.6) is 0 Å². The maximum atomic E-state index is 9.73. The molecule has 2 saturated heterocycles. The Morgan fingerprint density at radius 1 is 1.06 bits per heavy atom. The van der Waals surface area contributed by atoms with E-state index >= 15 is 0 Å². The van der Waals surface area contributed by atoms with E-state index < -0.39 is 0 Å². The minimum atomic E-state index is 0.271. The van der Waals surface area contributed by atoms with Crippen molar-refractivity contribution in [2.45, 2.75) is 64.7 Å². The van der Waals surface area contributed by atoms with Crippen molar-refractivity contribution in [1.29, 1.82) is 0 Å². The van der Waals surface area contributed by atoms with E-state index in [1.165, 1.54) is 31.5 Å². The molecule has 1 N–H and O–H groups in total. The fourth-order valence-corrected chi connectivity index (χ4v) is 5.37. The molecule has 0 saturated carbocycles. The van der Waals surface area contributed by atoms with E-state index in [4.69, 9.17) is 4.42 Å². The van der Waals surface area contributed by atoms with Gasteiger partial charge >= 0.3 is 0 Å². The Labute approximate surface area is 187 Å². The molecular formula is C26H39N3O2. The first-order valence-electron chi connectivity index (χ1n) is 12.0. The average Bonchev–Trinajstić information content (AvgIpc) is 3.21. The van der Waals surface area contributed by atoms with Crippen LogP contribution >= 0.6 is 0 Å². The van der Waals surface area contributed by atoms with Crippen LogP contribution in [-0.2, 0) is 6.54 Å². The van der Waals surface area contributed by atoms with E-state index in [2.05, 4.69) is 58.9 Å². The third kappa shape index (κ3) is 5.58. The first-order chi connectivity index (χ1) is 15.0. The van der Waals surface area contributed by atoms with Gasteiger partial charge in [-0.1, -0.05) is 18.2 Å². The molecule has 2 aliphatic rings. The van der Waals surface area contributed by atoms with E-state index in [-0.39, 0.29) is 6.61 Å². The lowest BCUT2D eigenvalue weighted by atomic mass is 9.97. The number of nitrogens with zero attached hydrogens (tertiary/aromatic N) is 3. The zero-order chi connectivity index (χ0) is 21.8. The first kappa shape index (κ1) is 22.5. The van der Waals surface area contributed by atoms with Crippen LogP contribution in [0.15, 0.2) is 40.8 Å². The predicted octanol–water partition coefficient (Wildman–Crippen LogP) is 4.00. The summed E-state index contributed by atoms with van der Waals surface area (Å²) in [5.74, 6) is 1.89. The van der Waals surface area contributed by atoms with E-state index in [1.807, 2.05) is 13.0 Å². The number of piperazine rings is 1. The quantitative estimate of drug-likeness (QED) is 0.726. The van der Waals surface area contributed by atoms with Gasteiger partial charge in [0, 0.05) is 56.5 Å². The third-order valence-electron chi connectivity index (χ3n) is 7.13. The topological polar surface area (TPSA) is 43.1 Å². The smallest absolute Gasteiger partial charge is 0.134 e. The van der Waals surface area contributed by atoms with Gasteiger partial charge in [0.1, 0.15) is 11.5 Å². The molecular weight excluding hydrogens is 386 g/mol. The number of piperidine rings is 1. The molecule has 0 bridgehead atoms. The standard InChI is InChI=1S/C26H39N3O2/c1-20(2)28-12-9-24(10-13-28)29-15-14-27(19-25(29)11-16-30)18-22-5-4-6-23(17-22)26-8-7-21(3)31-26/h4-8,17,20,24-25,30H,9-16,18-19H2,1-3H3/t25-/m0/s1. The van der Waals surface area contributed by atoms with Gasteiger partial charge in [0.05, 0.1) is 0 Å². The number of benzene rings is 1. The monoisotopic (exact) mass is 425 g/mol. The minimum absolute atomic E-state index is 0.271. The van der Waals surface area contributed by atoms with Gasteiger partial charge in [-0.25, -0.2) is 0 Å². The number of aryl methyl sites for hydroxylation is 1. The van der Waals surface area contributed by atoms with Crippen molar-refractivity contribution in [3.05, 3.63) is 47.7 Å². The molecule has 2 aliphatic heterocycles. The SMILES string of the molecule is Cc1ccc(-c2cccc(CN3CCN(C4CCN(C(C)C)CC4)[C@@H](CCO)C3)c2)o1. The highest BCUT2D eigenvalue weighted by atomic mass is 16.3. The Kier molecular flexibility index (Phi) is 7.49. The number of likely N-dealkylation sites (tertiary alicyclic amines) is 1. The molecule has 5 nitrogen and oxygen atoms in total. The number of aliphatic hydroxyl groups is 1. The molecule has 170 valence electrons. The van der Waals surface area contributed by atoms with Crippen molar-refractivity contribution in [3.8, 4) is 11.3 Å².